The number of halogens is 4. The predicted molar refractivity (Wildman–Crippen MR) is 156 cm³/mol. The molecule has 0 saturated heterocycles. The van der Waals surface area contributed by atoms with Crippen LogP contribution in [0.2, 0.25) is 0 Å². The highest BCUT2D eigenvalue weighted by Gasteiger charge is 2.31. The van der Waals surface area contributed by atoms with Gasteiger partial charge in [-0.15, -0.1) is 23.7 Å². The van der Waals surface area contributed by atoms with Crippen molar-refractivity contribution in [2.45, 2.75) is 50.5 Å². The van der Waals surface area contributed by atoms with E-state index in [0.29, 0.717) is 27.6 Å². The summed E-state index contributed by atoms with van der Waals surface area (Å²) in [5, 5.41) is 6.99. The van der Waals surface area contributed by atoms with E-state index in [0.717, 1.165) is 48.3 Å². The van der Waals surface area contributed by atoms with Crippen molar-refractivity contribution in [2.24, 2.45) is 0 Å². The maximum atomic E-state index is 12.9. The molecular weight excluding hydrogens is 559 g/mol. The van der Waals surface area contributed by atoms with Crippen molar-refractivity contribution in [3.63, 3.8) is 0 Å². The Balaban J connectivity index is 0.00000370. The topological polar surface area (TPSA) is 70.2 Å². The van der Waals surface area contributed by atoms with Crippen LogP contribution in [0.4, 0.5) is 19.0 Å². The van der Waals surface area contributed by atoms with Crippen LogP contribution in [0.5, 0.6) is 0 Å². The van der Waals surface area contributed by atoms with Gasteiger partial charge in [0.1, 0.15) is 17.0 Å². The van der Waals surface area contributed by atoms with Crippen molar-refractivity contribution in [1.29, 1.82) is 0 Å². The molecule has 2 aromatic carbocycles. The van der Waals surface area contributed by atoms with Crippen molar-refractivity contribution in [1.82, 2.24) is 20.6 Å². The number of nitrogens with zero attached hydrogens (tertiary/aromatic N) is 3. The highest BCUT2D eigenvalue weighted by Crippen LogP contribution is 2.36. The number of nitrogens with one attached hydrogen (secondary N) is 2. The molecule has 2 atom stereocenters. The SMILES string of the molecule is CNC(=O)c1cccc(-c2ccc(CN[C@H]3CC[C@@H](N(C)c4ncnc5sc(CC(F)(F)F)cc45)C3)cc2)c1.Cl. The molecule has 0 unspecified atom stereocenters. The van der Waals surface area contributed by atoms with Crippen LogP contribution < -0.4 is 15.5 Å². The van der Waals surface area contributed by atoms with E-state index in [1.54, 1.807) is 19.2 Å². The molecule has 6 nitrogen and oxygen atoms in total. The minimum Gasteiger partial charge on any atom is -0.356 e. The molecule has 1 aliphatic carbocycles. The first-order valence-electron chi connectivity index (χ1n) is 12.9. The number of benzene rings is 2. The number of hydrogen-bond acceptors (Lipinski definition) is 6. The molecule has 1 fully saturated rings. The molecule has 2 heterocycles. The Morgan fingerprint density at radius 1 is 1.07 bits per heavy atom. The number of carbonyl (C=O) groups is 1. The van der Waals surface area contributed by atoms with E-state index < -0.39 is 12.6 Å². The Hall–Kier alpha value is -3.21. The molecule has 0 aliphatic heterocycles. The van der Waals surface area contributed by atoms with Gasteiger partial charge < -0.3 is 15.5 Å². The molecule has 4 aromatic rings. The molecule has 2 N–H and O–H groups in total. The van der Waals surface area contributed by atoms with Crippen molar-refractivity contribution in [3.05, 3.63) is 76.9 Å². The van der Waals surface area contributed by atoms with Crippen LogP contribution in [0.1, 0.15) is 40.1 Å². The summed E-state index contributed by atoms with van der Waals surface area (Å²) in [5.41, 5.74) is 3.85. The molecule has 5 rings (SSSR count). The van der Waals surface area contributed by atoms with Gasteiger partial charge in [-0.05, 0) is 54.2 Å². The maximum Gasteiger partial charge on any atom is 0.393 e. The minimum absolute atomic E-state index is 0. The van der Waals surface area contributed by atoms with E-state index in [9.17, 15) is 18.0 Å². The summed E-state index contributed by atoms with van der Waals surface area (Å²) >= 11 is 1.08. The second-order valence-electron chi connectivity index (χ2n) is 9.93. The third kappa shape index (κ3) is 6.92. The summed E-state index contributed by atoms with van der Waals surface area (Å²) in [6.45, 7) is 0.739. The second-order valence-corrected chi connectivity index (χ2v) is 11.0. The van der Waals surface area contributed by atoms with Crippen molar-refractivity contribution < 1.29 is 18.0 Å². The molecule has 11 heteroatoms. The van der Waals surface area contributed by atoms with E-state index in [2.05, 4.69) is 49.8 Å². The fraction of sp³-hybridized carbons (Fsp3) is 0.345. The third-order valence-electron chi connectivity index (χ3n) is 7.25. The molecule has 212 valence electrons. The van der Waals surface area contributed by atoms with Gasteiger partial charge in [0, 0.05) is 43.2 Å². The number of hydrogen-bond donors (Lipinski definition) is 2. The number of rotatable bonds is 8. The number of carbonyl (C=O) groups excluding carboxylic acids is 1. The van der Waals surface area contributed by atoms with Gasteiger partial charge in [0.15, 0.2) is 0 Å². The van der Waals surface area contributed by atoms with Crippen LogP contribution in [-0.2, 0) is 13.0 Å². The lowest BCUT2D eigenvalue weighted by Crippen LogP contribution is -2.33. The summed E-state index contributed by atoms with van der Waals surface area (Å²) in [6, 6.07) is 18.1. The molecular formula is C29H31ClF3N5OS. The summed E-state index contributed by atoms with van der Waals surface area (Å²) in [6.07, 6.45) is -0.855. The standard InChI is InChI=1S/C29H30F3N5OS.ClH/c1-33-27(38)21-5-3-4-20(12-21)19-8-6-18(7-9-19)16-34-22-10-11-23(13-22)37(2)26-25-14-24(15-29(30,31)32)39-28(25)36-17-35-26;/h3-9,12,14,17,22-23,34H,10-11,13,15-16H2,1-2H3,(H,33,38);1H/t22-,23+;/m0./s1. The average Bonchev–Trinajstić information content (AvgIpc) is 3.57. The number of fused-ring (bicyclic) bond motifs is 1. The van der Waals surface area contributed by atoms with Crippen LogP contribution in [-0.4, -0.2) is 48.2 Å². The van der Waals surface area contributed by atoms with E-state index in [1.807, 2.05) is 25.2 Å². The zero-order valence-electron chi connectivity index (χ0n) is 22.2. The van der Waals surface area contributed by atoms with Gasteiger partial charge in [0.25, 0.3) is 5.91 Å². The van der Waals surface area contributed by atoms with Crippen LogP contribution in [0.25, 0.3) is 21.3 Å². The van der Waals surface area contributed by atoms with Crippen LogP contribution in [0.3, 0.4) is 0 Å². The molecule has 1 amide bonds. The summed E-state index contributed by atoms with van der Waals surface area (Å²) < 4.78 is 38.7. The first kappa shape index (κ1) is 29.8. The van der Waals surface area contributed by atoms with Gasteiger partial charge in [-0.3, -0.25) is 4.79 Å². The molecule has 1 saturated carbocycles. The summed E-state index contributed by atoms with van der Waals surface area (Å²) in [5.74, 6) is 0.579. The smallest absolute Gasteiger partial charge is 0.356 e. The lowest BCUT2D eigenvalue weighted by atomic mass is 10.0. The minimum atomic E-state index is -4.25. The zero-order chi connectivity index (χ0) is 27.6. The Morgan fingerprint density at radius 2 is 1.85 bits per heavy atom. The number of alkyl halides is 3. The van der Waals surface area contributed by atoms with E-state index in [1.165, 1.54) is 11.9 Å². The third-order valence-corrected chi connectivity index (χ3v) is 8.30. The van der Waals surface area contributed by atoms with Gasteiger partial charge in [-0.25, -0.2) is 9.97 Å². The first-order valence-corrected chi connectivity index (χ1v) is 13.7. The van der Waals surface area contributed by atoms with Gasteiger partial charge >= 0.3 is 6.18 Å². The van der Waals surface area contributed by atoms with Crippen molar-refractivity contribution in [2.75, 3.05) is 19.0 Å². The van der Waals surface area contributed by atoms with Crippen molar-refractivity contribution in [3.8, 4) is 11.1 Å². The summed E-state index contributed by atoms with van der Waals surface area (Å²) in [4.78, 5) is 23.5. The number of amides is 1. The largest absolute Gasteiger partial charge is 0.393 e. The Kier molecular flexibility index (Phi) is 9.33. The molecule has 40 heavy (non-hydrogen) atoms. The zero-order valence-corrected chi connectivity index (χ0v) is 23.8. The average molecular weight is 590 g/mol. The highest BCUT2D eigenvalue weighted by atomic mass is 35.5. The fourth-order valence-electron chi connectivity index (χ4n) is 5.19. The van der Waals surface area contributed by atoms with E-state index in [-0.39, 0.29) is 29.2 Å². The number of thiophene rings is 1. The lowest BCUT2D eigenvalue weighted by Gasteiger charge is -2.26. The second kappa shape index (κ2) is 12.5. The first-order chi connectivity index (χ1) is 18.7. The highest BCUT2D eigenvalue weighted by molar-refractivity contribution is 7.18. The van der Waals surface area contributed by atoms with Crippen LogP contribution >= 0.6 is 23.7 Å². The van der Waals surface area contributed by atoms with Crippen LogP contribution in [0, 0.1) is 0 Å². The van der Waals surface area contributed by atoms with E-state index in [4.69, 9.17) is 0 Å². The molecule has 2 aromatic heterocycles. The quantitative estimate of drug-likeness (QED) is 0.249. The molecule has 1 aliphatic rings. The fourth-order valence-corrected chi connectivity index (χ4v) is 6.21. The Bertz CT molecular complexity index is 1460. The monoisotopic (exact) mass is 589 g/mol. The molecule has 0 spiro atoms. The van der Waals surface area contributed by atoms with Crippen LogP contribution in [0.15, 0.2) is 60.9 Å². The predicted octanol–water partition coefficient (Wildman–Crippen LogP) is 6.39. The lowest BCUT2D eigenvalue weighted by molar-refractivity contribution is -0.126. The Morgan fingerprint density at radius 3 is 2.58 bits per heavy atom. The van der Waals surface area contributed by atoms with Crippen molar-refractivity contribution >= 4 is 45.7 Å². The molecule has 0 radical (unpaired) electrons. The maximum absolute atomic E-state index is 12.9. The summed E-state index contributed by atoms with van der Waals surface area (Å²) in [7, 11) is 3.59. The molecule has 0 bridgehead atoms. The Labute approximate surface area is 241 Å². The van der Waals surface area contributed by atoms with E-state index >= 15 is 0 Å². The van der Waals surface area contributed by atoms with Gasteiger partial charge in [-0.2, -0.15) is 13.2 Å². The normalized spacial score (nSPS) is 17.0. The number of aromatic nitrogens is 2. The van der Waals surface area contributed by atoms with Gasteiger partial charge in [0.2, 0.25) is 0 Å². The number of anilines is 1. The van der Waals surface area contributed by atoms with Gasteiger partial charge in [-0.1, -0.05) is 36.4 Å². The van der Waals surface area contributed by atoms with Gasteiger partial charge in [0.05, 0.1) is 11.8 Å².